The summed E-state index contributed by atoms with van der Waals surface area (Å²) in [5, 5.41) is 3.11. The third-order valence-electron chi connectivity index (χ3n) is 3.66. The molecule has 1 unspecified atom stereocenters. The van der Waals surface area contributed by atoms with Gasteiger partial charge in [-0.2, -0.15) is 0 Å². The molecule has 1 amide bonds. The van der Waals surface area contributed by atoms with Crippen molar-refractivity contribution in [3.63, 3.8) is 0 Å². The number of amides is 1. The second kappa shape index (κ2) is 7.93. The molecule has 4 heteroatoms. The molecule has 3 N–H and O–H groups in total. The summed E-state index contributed by atoms with van der Waals surface area (Å²) in [6.07, 6.45) is 8.26. The van der Waals surface area contributed by atoms with Crippen molar-refractivity contribution in [3.05, 3.63) is 0 Å². The van der Waals surface area contributed by atoms with Crippen LogP contribution >= 0.6 is 12.4 Å². The number of nitrogens with two attached hydrogens (primary N) is 1. The maximum Gasteiger partial charge on any atom is 0.240 e. The van der Waals surface area contributed by atoms with Gasteiger partial charge in [0.25, 0.3) is 0 Å². The van der Waals surface area contributed by atoms with Crippen LogP contribution in [0.2, 0.25) is 0 Å². The van der Waals surface area contributed by atoms with Crippen molar-refractivity contribution in [2.45, 2.75) is 76.8 Å². The molecule has 1 atom stereocenters. The van der Waals surface area contributed by atoms with Gasteiger partial charge in [-0.15, -0.1) is 12.4 Å². The molecule has 0 aromatic rings. The van der Waals surface area contributed by atoms with Crippen LogP contribution in [0.4, 0.5) is 0 Å². The largest absolute Gasteiger partial charge is 0.352 e. The first kappa shape index (κ1) is 16.7. The van der Waals surface area contributed by atoms with Crippen LogP contribution in [0.3, 0.4) is 0 Å². The van der Waals surface area contributed by atoms with E-state index < -0.39 is 5.54 Å². The molecule has 0 radical (unpaired) electrons. The van der Waals surface area contributed by atoms with Crippen LogP contribution in [0, 0.1) is 0 Å². The van der Waals surface area contributed by atoms with Crippen molar-refractivity contribution < 1.29 is 4.79 Å². The summed E-state index contributed by atoms with van der Waals surface area (Å²) < 4.78 is 0. The predicted octanol–water partition coefficient (Wildman–Crippen LogP) is 2.76. The molecule has 0 aromatic carbocycles. The molecule has 1 rings (SSSR count). The molecular formula is C13H27ClN2O. The number of halogens is 1. The Kier molecular flexibility index (Phi) is 7.80. The van der Waals surface area contributed by atoms with Gasteiger partial charge in [-0.3, -0.25) is 4.79 Å². The molecular weight excluding hydrogens is 236 g/mol. The fourth-order valence-corrected chi connectivity index (χ4v) is 2.47. The zero-order valence-electron chi connectivity index (χ0n) is 11.1. The molecule has 17 heavy (non-hydrogen) atoms. The first-order valence-corrected chi connectivity index (χ1v) is 6.72. The topological polar surface area (TPSA) is 55.1 Å². The van der Waals surface area contributed by atoms with Gasteiger partial charge in [-0.05, 0) is 25.7 Å². The van der Waals surface area contributed by atoms with Gasteiger partial charge in [0.1, 0.15) is 0 Å². The van der Waals surface area contributed by atoms with Crippen LogP contribution in [-0.2, 0) is 4.79 Å². The molecule has 1 saturated carbocycles. The van der Waals surface area contributed by atoms with E-state index in [-0.39, 0.29) is 18.3 Å². The predicted molar refractivity (Wildman–Crippen MR) is 74.4 cm³/mol. The minimum atomic E-state index is -0.584. The number of rotatable bonds is 5. The maximum atomic E-state index is 12.1. The zero-order chi connectivity index (χ0) is 12.0. The minimum Gasteiger partial charge on any atom is -0.352 e. The van der Waals surface area contributed by atoms with Gasteiger partial charge in [-0.25, -0.2) is 0 Å². The quantitative estimate of drug-likeness (QED) is 0.801. The van der Waals surface area contributed by atoms with Crippen LogP contribution in [-0.4, -0.2) is 17.5 Å². The molecule has 0 bridgehead atoms. The fraction of sp³-hybridized carbons (Fsp3) is 0.923. The summed E-state index contributed by atoms with van der Waals surface area (Å²) in [7, 11) is 0. The lowest BCUT2D eigenvalue weighted by atomic mass is 9.81. The number of hydrogen-bond donors (Lipinski definition) is 2. The van der Waals surface area contributed by atoms with Gasteiger partial charge in [0.2, 0.25) is 5.91 Å². The van der Waals surface area contributed by atoms with E-state index in [4.69, 9.17) is 5.73 Å². The van der Waals surface area contributed by atoms with Crippen molar-refractivity contribution in [2.75, 3.05) is 0 Å². The SMILES string of the molecule is CCCC(CC)NC(=O)C1(N)CCCCC1.Cl. The third kappa shape index (κ3) is 4.84. The lowest BCUT2D eigenvalue weighted by Crippen LogP contribution is -2.56. The van der Waals surface area contributed by atoms with Gasteiger partial charge < -0.3 is 11.1 Å². The van der Waals surface area contributed by atoms with Crippen molar-refractivity contribution >= 4 is 18.3 Å². The van der Waals surface area contributed by atoms with Crippen LogP contribution in [0.25, 0.3) is 0 Å². The number of carbonyl (C=O) groups is 1. The third-order valence-corrected chi connectivity index (χ3v) is 3.66. The standard InChI is InChI=1S/C13H26N2O.ClH/c1-3-8-11(4-2)15-12(16)13(14)9-6-5-7-10-13;/h11H,3-10,14H2,1-2H3,(H,15,16);1H. The summed E-state index contributed by atoms with van der Waals surface area (Å²) in [6.45, 7) is 4.26. The Bertz CT molecular complexity index is 227. The van der Waals surface area contributed by atoms with Crippen LogP contribution in [0.1, 0.15) is 65.2 Å². The number of hydrogen-bond acceptors (Lipinski definition) is 2. The molecule has 0 aliphatic heterocycles. The summed E-state index contributed by atoms with van der Waals surface area (Å²) in [5.41, 5.74) is 5.61. The lowest BCUT2D eigenvalue weighted by molar-refractivity contribution is -0.128. The van der Waals surface area contributed by atoms with E-state index in [0.717, 1.165) is 44.9 Å². The van der Waals surface area contributed by atoms with Crippen molar-refractivity contribution in [1.29, 1.82) is 0 Å². The highest BCUT2D eigenvalue weighted by Crippen LogP contribution is 2.26. The lowest BCUT2D eigenvalue weighted by Gasteiger charge is -2.33. The van der Waals surface area contributed by atoms with Crippen molar-refractivity contribution in [1.82, 2.24) is 5.32 Å². The highest BCUT2D eigenvalue weighted by molar-refractivity contribution is 5.86. The van der Waals surface area contributed by atoms with E-state index in [9.17, 15) is 4.79 Å². The van der Waals surface area contributed by atoms with Gasteiger partial charge in [-0.1, -0.05) is 39.5 Å². The molecule has 1 aliphatic carbocycles. The summed E-state index contributed by atoms with van der Waals surface area (Å²) in [5.74, 6) is 0.0764. The van der Waals surface area contributed by atoms with E-state index in [1.165, 1.54) is 6.42 Å². The van der Waals surface area contributed by atoms with Gasteiger partial charge in [0, 0.05) is 6.04 Å². The Hall–Kier alpha value is -0.280. The first-order valence-electron chi connectivity index (χ1n) is 6.72. The Morgan fingerprint density at radius 1 is 1.29 bits per heavy atom. The molecule has 0 saturated heterocycles. The zero-order valence-corrected chi connectivity index (χ0v) is 11.9. The normalized spacial score (nSPS) is 20.2. The van der Waals surface area contributed by atoms with Gasteiger partial charge in [0.15, 0.2) is 0 Å². The van der Waals surface area contributed by atoms with Crippen molar-refractivity contribution in [3.8, 4) is 0 Å². The molecule has 0 aromatic heterocycles. The van der Waals surface area contributed by atoms with E-state index in [1.807, 2.05) is 0 Å². The highest BCUT2D eigenvalue weighted by atomic mass is 35.5. The number of carbonyl (C=O) groups excluding carboxylic acids is 1. The summed E-state index contributed by atoms with van der Waals surface area (Å²) >= 11 is 0. The number of nitrogens with one attached hydrogen (secondary N) is 1. The van der Waals surface area contributed by atoms with E-state index in [0.29, 0.717) is 6.04 Å². The molecule has 102 valence electrons. The Labute approximate surface area is 111 Å². The summed E-state index contributed by atoms with van der Waals surface area (Å²) in [6, 6.07) is 0.305. The van der Waals surface area contributed by atoms with Gasteiger partial charge in [0.05, 0.1) is 5.54 Å². The molecule has 1 fully saturated rings. The average molecular weight is 263 g/mol. The molecule has 0 heterocycles. The second-order valence-corrected chi connectivity index (χ2v) is 5.08. The molecule has 3 nitrogen and oxygen atoms in total. The van der Waals surface area contributed by atoms with Crippen LogP contribution in [0.15, 0.2) is 0 Å². The summed E-state index contributed by atoms with van der Waals surface area (Å²) in [4.78, 5) is 12.1. The maximum absolute atomic E-state index is 12.1. The Morgan fingerprint density at radius 2 is 1.88 bits per heavy atom. The monoisotopic (exact) mass is 262 g/mol. The van der Waals surface area contributed by atoms with Crippen molar-refractivity contribution in [2.24, 2.45) is 5.73 Å². The molecule has 1 aliphatic rings. The fourth-order valence-electron chi connectivity index (χ4n) is 2.47. The van der Waals surface area contributed by atoms with Crippen LogP contribution < -0.4 is 11.1 Å². The highest BCUT2D eigenvalue weighted by Gasteiger charge is 2.35. The van der Waals surface area contributed by atoms with Crippen LogP contribution in [0.5, 0.6) is 0 Å². The Balaban J connectivity index is 0.00000256. The first-order chi connectivity index (χ1) is 7.62. The minimum absolute atomic E-state index is 0. The average Bonchev–Trinajstić information content (AvgIpc) is 2.29. The van der Waals surface area contributed by atoms with E-state index in [2.05, 4.69) is 19.2 Å². The second-order valence-electron chi connectivity index (χ2n) is 5.08. The molecule has 0 spiro atoms. The smallest absolute Gasteiger partial charge is 0.240 e. The van der Waals surface area contributed by atoms with E-state index >= 15 is 0 Å². The van der Waals surface area contributed by atoms with Gasteiger partial charge >= 0.3 is 0 Å². The van der Waals surface area contributed by atoms with E-state index in [1.54, 1.807) is 0 Å². The Morgan fingerprint density at radius 3 is 2.35 bits per heavy atom.